The minimum atomic E-state index is -0.176. The average Bonchev–Trinajstić information content (AvgIpc) is 2.66. The topological polar surface area (TPSA) is 34.2 Å². The zero-order chi connectivity index (χ0) is 18.6. The Morgan fingerprint density at radius 3 is 2.67 bits per heavy atom. The van der Waals surface area contributed by atoms with Crippen molar-refractivity contribution in [1.29, 1.82) is 0 Å². The molecule has 1 N–H and O–H groups in total. The Kier molecular flexibility index (Phi) is 3.41. The second-order valence-electron chi connectivity index (χ2n) is 7.90. The Morgan fingerprint density at radius 2 is 1.85 bits per heavy atom. The molecule has 2 aliphatic heterocycles. The highest BCUT2D eigenvalue weighted by atomic mass is 16.5. The summed E-state index contributed by atoms with van der Waals surface area (Å²) in [6, 6.07) is 16.8. The van der Waals surface area contributed by atoms with Crippen molar-refractivity contribution in [2.75, 3.05) is 5.32 Å². The van der Waals surface area contributed by atoms with Gasteiger partial charge in [-0.1, -0.05) is 36.4 Å². The zero-order valence-electron chi connectivity index (χ0n) is 15.8. The van der Waals surface area contributed by atoms with Gasteiger partial charge < -0.3 is 10.1 Å². The van der Waals surface area contributed by atoms with Crippen LogP contribution >= 0.6 is 0 Å². The number of nitrogens with zero attached hydrogens (tertiary/aromatic N) is 1. The van der Waals surface area contributed by atoms with Crippen LogP contribution in [0.4, 0.5) is 5.69 Å². The first-order chi connectivity index (χ1) is 13.0. The van der Waals surface area contributed by atoms with Crippen molar-refractivity contribution in [1.82, 2.24) is 4.98 Å². The van der Waals surface area contributed by atoms with Gasteiger partial charge in [0.05, 0.1) is 5.54 Å². The van der Waals surface area contributed by atoms with Gasteiger partial charge in [0.2, 0.25) is 0 Å². The Bertz CT molecular complexity index is 1070. The van der Waals surface area contributed by atoms with Crippen molar-refractivity contribution in [2.45, 2.75) is 32.4 Å². The maximum atomic E-state index is 6.52. The van der Waals surface area contributed by atoms with Crippen LogP contribution in [0.1, 0.15) is 43.6 Å². The molecule has 0 radical (unpaired) electrons. The standard InChI is InChI=1S/C24H22N2O/c1-15-13-24(2,3)26-19-11-10-18-17-8-4-5-9-20(17)27-23(22(18)21(15)19)16-7-6-12-25-14-16/h4-14,23,26H,1-3H3. The summed E-state index contributed by atoms with van der Waals surface area (Å²) in [7, 11) is 0. The predicted molar refractivity (Wildman–Crippen MR) is 110 cm³/mol. The highest BCUT2D eigenvalue weighted by molar-refractivity contribution is 5.90. The quantitative estimate of drug-likeness (QED) is 0.596. The van der Waals surface area contributed by atoms with Crippen molar-refractivity contribution in [3.63, 3.8) is 0 Å². The van der Waals surface area contributed by atoms with Crippen molar-refractivity contribution in [3.8, 4) is 16.9 Å². The molecule has 27 heavy (non-hydrogen) atoms. The van der Waals surface area contributed by atoms with Gasteiger partial charge in [0, 0.05) is 40.3 Å². The molecule has 134 valence electrons. The van der Waals surface area contributed by atoms with E-state index in [4.69, 9.17) is 4.74 Å². The zero-order valence-corrected chi connectivity index (χ0v) is 15.8. The second-order valence-corrected chi connectivity index (χ2v) is 7.90. The number of anilines is 1. The summed E-state index contributed by atoms with van der Waals surface area (Å²) in [5.74, 6) is 0.921. The summed E-state index contributed by atoms with van der Waals surface area (Å²) in [6.07, 6.45) is 5.83. The molecular weight excluding hydrogens is 332 g/mol. The van der Waals surface area contributed by atoms with Gasteiger partial charge in [-0.2, -0.15) is 0 Å². The van der Waals surface area contributed by atoms with Crippen LogP contribution in [0.15, 0.2) is 67.0 Å². The van der Waals surface area contributed by atoms with Gasteiger partial charge in [0.1, 0.15) is 5.75 Å². The lowest BCUT2D eigenvalue weighted by atomic mass is 9.81. The molecule has 0 bridgehead atoms. The minimum Gasteiger partial charge on any atom is -0.480 e. The van der Waals surface area contributed by atoms with E-state index >= 15 is 0 Å². The summed E-state index contributed by atoms with van der Waals surface area (Å²) >= 11 is 0. The van der Waals surface area contributed by atoms with Crippen molar-refractivity contribution in [2.24, 2.45) is 0 Å². The Hall–Kier alpha value is -3.07. The first-order valence-corrected chi connectivity index (χ1v) is 9.34. The molecule has 2 aliphatic rings. The molecule has 3 nitrogen and oxygen atoms in total. The van der Waals surface area contributed by atoms with Gasteiger partial charge in [-0.25, -0.2) is 0 Å². The van der Waals surface area contributed by atoms with Crippen LogP contribution in [-0.4, -0.2) is 10.5 Å². The minimum absolute atomic E-state index is 0.0669. The summed E-state index contributed by atoms with van der Waals surface area (Å²) in [5, 5.41) is 3.67. The maximum absolute atomic E-state index is 6.52. The normalized spacial score (nSPS) is 18.9. The SMILES string of the molecule is CC1=CC(C)(C)Nc2ccc3c(c21)C(c1cccnc1)Oc1ccccc1-3. The van der Waals surface area contributed by atoms with Crippen LogP contribution < -0.4 is 10.1 Å². The van der Waals surface area contributed by atoms with E-state index in [-0.39, 0.29) is 11.6 Å². The van der Waals surface area contributed by atoms with E-state index in [1.807, 2.05) is 24.4 Å². The molecule has 5 rings (SSSR count). The predicted octanol–water partition coefficient (Wildman–Crippen LogP) is 5.84. The number of pyridine rings is 1. The summed E-state index contributed by atoms with van der Waals surface area (Å²) in [4.78, 5) is 4.33. The lowest BCUT2D eigenvalue weighted by Crippen LogP contribution is -2.32. The molecule has 0 fully saturated rings. The molecule has 1 unspecified atom stereocenters. The van der Waals surface area contributed by atoms with E-state index < -0.39 is 0 Å². The fourth-order valence-electron chi connectivity index (χ4n) is 4.40. The molecule has 0 saturated heterocycles. The molecule has 3 heterocycles. The number of benzene rings is 2. The van der Waals surface area contributed by atoms with E-state index in [1.54, 1.807) is 6.20 Å². The fourth-order valence-corrected chi connectivity index (χ4v) is 4.40. The van der Waals surface area contributed by atoms with E-state index in [2.05, 4.69) is 67.5 Å². The Labute approximate surface area is 159 Å². The molecule has 0 spiro atoms. The van der Waals surface area contributed by atoms with Crippen molar-refractivity contribution in [3.05, 3.63) is 83.7 Å². The third kappa shape index (κ3) is 2.54. The summed E-state index contributed by atoms with van der Waals surface area (Å²) in [6.45, 7) is 6.59. The third-order valence-corrected chi connectivity index (χ3v) is 5.35. The lowest BCUT2D eigenvalue weighted by molar-refractivity contribution is 0.243. The van der Waals surface area contributed by atoms with Crippen LogP contribution in [0, 0.1) is 0 Å². The highest BCUT2D eigenvalue weighted by Crippen LogP contribution is 2.50. The van der Waals surface area contributed by atoms with Gasteiger partial charge in [0.15, 0.2) is 6.10 Å². The number of rotatable bonds is 1. The van der Waals surface area contributed by atoms with Crippen molar-refractivity contribution < 1.29 is 4.74 Å². The first-order valence-electron chi connectivity index (χ1n) is 9.34. The number of para-hydroxylation sites is 1. The lowest BCUT2D eigenvalue weighted by Gasteiger charge is -2.37. The van der Waals surface area contributed by atoms with Crippen molar-refractivity contribution >= 4 is 11.3 Å². The van der Waals surface area contributed by atoms with Crippen LogP contribution in [0.2, 0.25) is 0 Å². The first kappa shape index (κ1) is 16.1. The third-order valence-electron chi connectivity index (χ3n) is 5.35. The molecule has 2 aromatic carbocycles. The number of hydrogen-bond acceptors (Lipinski definition) is 3. The van der Waals surface area contributed by atoms with Gasteiger partial charge in [-0.15, -0.1) is 0 Å². The maximum Gasteiger partial charge on any atom is 0.152 e. The van der Waals surface area contributed by atoms with Gasteiger partial charge >= 0.3 is 0 Å². The number of hydrogen-bond donors (Lipinski definition) is 1. The Morgan fingerprint density at radius 1 is 1.00 bits per heavy atom. The van der Waals surface area contributed by atoms with Crippen LogP contribution in [-0.2, 0) is 0 Å². The highest BCUT2D eigenvalue weighted by Gasteiger charge is 2.34. The molecular formula is C24H22N2O. The Balaban J connectivity index is 1.82. The number of fused-ring (bicyclic) bond motifs is 5. The number of nitrogens with one attached hydrogen (secondary N) is 1. The van der Waals surface area contributed by atoms with Crippen LogP contribution in [0.5, 0.6) is 5.75 Å². The smallest absolute Gasteiger partial charge is 0.152 e. The van der Waals surface area contributed by atoms with E-state index in [0.717, 1.165) is 22.6 Å². The van der Waals surface area contributed by atoms with Crippen LogP contribution in [0.25, 0.3) is 16.7 Å². The van der Waals surface area contributed by atoms with Gasteiger partial charge in [-0.3, -0.25) is 4.98 Å². The molecule has 3 heteroatoms. The second kappa shape index (κ2) is 5.71. The molecule has 0 aliphatic carbocycles. The molecule has 0 saturated carbocycles. The monoisotopic (exact) mass is 354 g/mol. The fraction of sp³-hybridized carbons (Fsp3) is 0.208. The molecule has 1 aromatic heterocycles. The number of ether oxygens (including phenoxy) is 1. The van der Waals surface area contributed by atoms with E-state index in [9.17, 15) is 0 Å². The number of allylic oxidation sites excluding steroid dienone is 1. The number of aromatic nitrogens is 1. The van der Waals surface area contributed by atoms with E-state index in [1.165, 1.54) is 22.3 Å². The summed E-state index contributed by atoms with van der Waals surface area (Å²) < 4.78 is 6.52. The largest absolute Gasteiger partial charge is 0.480 e. The molecule has 0 amide bonds. The van der Waals surface area contributed by atoms with Gasteiger partial charge in [0.25, 0.3) is 0 Å². The molecule has 1 atom stereocenters. The van der Waals surface area contributed by atoms with E-state index in [0.29, 0.717) is 0 Å². The average molecular weight is 354 g/mol. The van der Waals surface area contributed by atoms with Gasteiger partial charge in [-0.05, 0) is 50.1 Å². The molecule has 3 aromatic rings. The summed E-state index contributed by atoms with van der Waals surface area (Å²) in [5.41, 5.74) is 8.29. The van der Waals surface area contributed by atoms with Crippen LogP contribution in [0.3, 0.4) is 0 Å².